The molecule has 0 N–H and O–H groups in total. The number of hydrogen-bond donors (Lipinski definition) is 0. The van der Waals surface area contributed by atoms with Gasteiger partial charge in [0, 0.05) is 25.7 Å². The Bertz CT molecular complexity index is 599. The molecule has 2 amide bonds. The van der Waals surface area contributed by atoms with Crippen LogP contribution in [0.5, 0.6) is 0 Å². The van der Waals surface area contributed by atoms with Crippen molar-refractivity contribution in [2.75, 3.05) is 46.2 Å². The third-order valence-electron chi connectivity index (χ3n) is 6.62. The van der Waals surface area contributed by atoms with E-state index in [2.05, 4.69) is 13.8 Å². The number of rotatable bonds is 12. The highest BCUT2D eigenvalue weighted by Crippen LogP contribution is 2.44. The summed E-state index contributed by atoms with van der Waals surface area (Å²) in [6.45, 7) is 10.2. The van der Waals surface area contributed by atoms with Gasteiger partial charge in [-0.2, -0.15) is 0 Å². The van der Waals surface area contributed by atoms with Crippen LogP contribution in [0.15, 0.2) is 12.2 Å². The van der Waals surface area contributed by atoms with E-state index < -0.39 is 6.29 Å². The molecule has 1 aliphatic carbocycles. The van der Waals surface area contributed by atoms with Crippen LogP contribution in [-0.2, 0) is 28.5 Å². The molecule has 3 rings (SSSR count). The number of carbonyl (C=O) groups is 2. The smallest absolute Gasteiger partial charge is 0.233 e. The summed E-state index contributed by atoms with van der Waals surface area (Å²) in [5.41, 5.74) is 0. The van der Waals surface area contributed by atoms with Crippen molar-refractivity contribution in [1.29, 1.82) is 0 Å². The first-order valence-corrected chi connectivity index (χ1v) is 11.5. The number of allylic oxidation sites excluding steroid dienone is 1. The summed E-state index contributed by atoms with van der Waals surface area (Å²) >= 11 is 0. The first kappa shape index (κ1) is 23.4. The van der Waals surface area contributed by atoms with Gasteiger partial charge in [-0.3, -0.25) is 14.5 Å². The van der Waals surface area contributed by atoms with E-state index in [0.29, 0.717) is 51.9 Å². The zero-order chi connectivity index (χ0) is 21.5. The number of hydrogen-bond acceptors (Lipinski definition) is 6. The van der Waals surface area contributed by atoms with E-state index in [9.17, 15) is 9.59 Å². The monoisotopic (exact) mass is 423 g/mol. The van der Waals surface area contributed by atoms with Crippen LogP contribution in [0.2, 0.25) is 0 Å². The number of imide groups is 1. The standard InChI is InChI=1S/C23H37NO6/c1-4-17(5-2)15-28-12-11-27-10-6-9-24-21(25)19-16(3)7-8-18(20(19)22(24)26)23-29-13-14-30-23/h7-8,16-20,23H,4-6,9-15H2,1-3H3/t16-,18+,19+,20+/m1/s1. The molecule has 170 valence electrons. The number of fused-ring (bicyclic) bond motifs is 1. The second-order valence-electron chi connectivity index (χ2n) is 8.53. The molecule has 7 nitrogen and oxygen atoms in total. The maximum absolute atomic E-state index is 13.1. The summed E-state index contributed by atoms with van der Waals surface area (Å²) < 4.78 is 22.6. The average Bonchev–Trinajstić information content (AvgIpc) is 3.36. The summed E-state index contributed by atoms with van der Waals surface area (Å²) in [5.74, 6) is -0.422. The van der Waals surface area contributed by atoms with E-state index in [1.807, 2.05) is 19.1 Å². The van der Waals surface area contributed by atoms with Gasteiger partial charge in [0.15, 0.2) is 6.29 Å². The number of amides is 2. The zero-order valence-electron chi connectivity index (χ0n) is 18.6. The van der Waals surface area contributed by atoms with Crippen molar-refractivity contribution in [3.05, 3.63) is 12.2 Å². The van der Waals surface area contributed by atoms with Gasteiger partial charge in [-0.25, -0.2) is 0 Å². The van der Waals surface area contributed by atoms with Crippen LogP contribution in [0.25, 0.3) is 0 Å². The van der Waals surface area contributed by atoms with E-state index in [0.717, 1.165) is 19.4 Å². The van der Waals surface area contributed by atoms with Gasteiger partial charge in [-0.15, -0.1) is 0 Å². The van der Waals surface area contributed by atoms with Gasteiger partial charge in [0.25, 0.3) is 0 Å². The molecule has 0 spiro atoms. The lowest BCUT2D eigenvalue weighted by atomic mass is 9.72. The van der Waals surface area contributed by atoms with Crippen LogP contribution in [0, 0.1) is 29.6 Å². The maximum Gasteiger partial charge on any atom is 0.233 e. The molecule has 0 radical (unpaired) electrons. The predicted octanol–water partition coefficient (Wildman–Crippen LogP) is 2.64. The van der Waals surface area contributed by atoms with Gasteiger partial charge in [0.1, 0.15) is 0 Å². The second-order valence-corrected chi connectivity index (χ2v) is 8.53. The molecule has 30 heavy (non-hydrogen) atoms. The lowest BCUT2D eigenvalue weighted by Crippen LogP contribution is -2.39. The minimum Gasteiger partial charge on any atom is -0.379 e. The molecule has 2 heterocycles. The number of likely N-dealkylation sites (tertiary alicyclic amines) is 1. The molecular formula is C23H37NO6. The molecule has 2 aliphatic heterocycles. The van der Waals surface area contributed by atoms with Crippen molar-refractivity contribution in [3.8, 4) is 0 Å². The van der Waals surface area contributed by atoms with Crippen molar-refractivity contribution in [3.63, 3.8) is 0 Å². The van der Waals surface area contributed by atoms with Crippen LogP contribution in [0.1, 0.15) is 40.0 Å². The molecule has 3 aliphatic rings. The molecule has 0 saturated carbocycles. The topological polar surface area (TPSA) is 74.3 Å². The third kappa shape index (κ3) is 5.31. The van der Waals surface area contributed by atoms with Crippen LogP contribution >= 0.6 is 0 Å². The van der Waals surface area contributed by atoms with Crippen molar-refractivity contribution < 1.29 is 28.5 Å². The molecule has 2 fully saturated rings. The Labute approximate surface area is 180 Å². The van der Waals surface area contributed by atoms with Gasteiger partial charge in [-0.05, 0) is 18.3 Å². The normalized spacial score (nSPS) is 29.4. The molecule has 0 aromatic rings. The van der Waals surface area contributed by atoms with Crippen molar-refractivity contribution in [2.45, 2.75) is 46.3 Å². The first-order chi connectivity index (χ1) is 14.6. The molecule has 0 aromatic carbocycles. The Morgan fingerprint density at radius 2 is 1.67 bits per heavy atom. The van der Waals surface area contributed by atoms with Gasteiger partial charge in [0.05, 0.1) is 38.3 Å². The lowest BCUT2D eigenvalue weighted by Gasteiger charge is -2.32. The third-order valence-corrected chi connectivity index (χ3v) is 6.62. The van der Waals surface area contributed by atoms with E-state index in [4.69, 9.17) is 18.9 Å². The van der Waals surface area contributed by atoms with E-state index in [-0.39, 0.29) is 35.5 Å². The highest BCUT2D eigenvalue weighted by Gasteiger charge is 2.55. The Balaban J connectivity index is 1.42. The first-order valence-electron chi connectivity index (χ1n) is 11.5. The van der Waals surface area contributed by atoms with Crippen LogP contribution in [-0.4, -0.2) is 69.2 Å². The summed E-state index contributed by atoms with van der Waals surface area (Å²) in [7, 11) is 0. The summed E-state index contributed by atoms with van der Waals surface area (Å²) in [6, 6.07) is 0. The Kier molecular flexibility index (Phi) is 8.86. The highest BCUT2D eigenvalue weighted by molar-refractivity contribution is 6.05. The summed E-state index contributed by atoms with van der Waals surface area (Å²) in [5, 5.41) is 0. The SMILES string of the molecule is CCC(CC)COCCOCCCN1C(=O)[C@@H]2[C@@H](C1=O)[C@@H](C1OCCO1)C=C[C@H]2C. The Morgan fingerprint density at radius 3 is 2.37 bits per heavy atom. The molecule has 7 heteroatoms. The fourth-order valence-electron chi connectivity index (χ4n) is 4.67. The number of carbonyl (C=O) groups excluding carboxylic acids is 2. The molecule has 4 atom stereocenters. The van der Waals surface area contributed by atoms with Crippen molar-refractivity contribution in [1.82, 2.24) is 4.90 Å². The molecule has 0 aromatic heterocycles. The van der Waals surface area contributed by atoms with E-state index >= 15 is 0 Å². The minimum absolute atomic E-state index is 0.0394. The summed E-state index contributed by atoms with van der Waals surface area (Å²) in [6.07, 6.45) is 6.49. The summed E-state index contributed by atoms with van der Waals surface area (Å²) in [4.78, 5) is 27.5. The van der Waals surface area contributed by atoms with Gasteiger partial charge < -0.3 is 18.9 Å². The minimum atomic E-state index is -0.429. The second kappa shape index (κ2) is 11.4. The highest BCUT2D eigenvalue weighted by atomic mass is 16.7. The molecule has 0 unspecified atom stereocenters. The van der Waals surface area contributed by atoms with Gasteiger partial charge in [-0.1, -0.05) is 45.8 Å². The van der Waals surface area contributed by atoms with Crippen LogP contribution < -0.4 is 0 Å². The van der Waals surface area contributed by atoms with Crippen molar-refractivity contribution >= 4 is 11.8 Å². The Morgan fingerprint density at radius 1 is 1.00 bits per heavy atom. The van der Waals surface area contributed by atoms with Gasteiger partial charge >= 0.3 is 0 Å². The van der Waals surface area contributed by atoms with Gasteiger partial charge in [0.2, 0.25) is 11.8 Å². The van der Waals surface area contributed by atoms with Crippen LogP contribution in [0.3, 0.4) is 0 Å². The largest absolute Gasteiger partial charge is 0.379 e. The number of ether oxygens (including phenoxy) is 4. The van der Waals surface area contributed by atoms with E-state index in [1.165, 1.54) is 4.90 Å². The number of nitrogens with zero attached hydrogens (tertiary/aromatic N) is 1. The quantitative estimate of drug-likeness (QED) is 0.273. The predicted molar refractivity (Wildman–Crippen MR) is 112 cm³/mol. The van der Waals surface area contributed by atoms with E-state index in [1.54, 1.807) is 0 Å². The molecular weight excluding hydrogens is 386 g/mol. The molecule has 2 saturated heterocycles. The van der Waals surface area contributed by atoms with Crippen molar-refractivity contribution in [2.24, 2.45) is 29.6 Å². The fourth-order valence-corrected chi connectivity index (χ4v) is 4.67. The fraction of sp³-hybridized carbons (Fsp3) is 0.826. The zero-order valence-corrected chi connectivity index (χ0v) is 18.6. The molecule has 0 bridgehead atoms. The average molecular weight is 424 g/mol. The maximum atomic E-state index is 13.1. The Hall–Kier alpha value is -1.28. The van der Waals surface area contributed by atoms with Crippen LogP contribution in [0.4, 0.5) is 0 Å². The lowest BCUT2D eigenvalue weighted by molar-refractivity contribution is -0.142.